The van der Waals surface area contributed by atoms with E-state index >= 15 is 0 Å². The molecule has 2 aromatic heterocycles. The fraction of sp³-hybridized carbons (Fsp3) is 0.286. The molecule has 0 spiro atoms. The summed E-state index contributed by atoms with van der Waals surface area (Å²) in [6, 6.07) is 5.67. The third kappa shape index (κ3) is 1.99. The van der Waals surface area contributed by atoms with Crippen LogP contribution < -0.4 is 10.5 Å². The van der Waals surface area contributed by atoms with Crippen molar-refractivity contribution in [1.82, 2.24) is 14.5 Å². The number of ether oxygens (including phenoxy) is 1. The second-order valence-electron chi connectivity index (χ2n) is 4.66. The predicted molar refractivity (Wildman–Crippen MR) is 75.8 cm³/mol. The van der Waals surface area contributed by atoms with Crippen LogP contribution in [-0.2, 0) is 6.54 Å². The van der Waals surface area contributed by atoms with Gasteiger partial charge in [-0.2, -0.15) is 0 Å². The smallest absolute Gasteiger partial charge is 0.214 e. The second-order valence-corrected chi connectivity index (χ2v) is 4.66. The van der Waals surface area contributed by atoms with Crippen LogP contribution in [-0.4, -0.2) is 21.6 Å². The summed E-state index contributed by atoms with van der Waals surface area (Å²) in [5.41, 5.74) is 8.59. The first kappa shape index (κ1) is 12.5. The van der Waals surface area contributed by atoms with Crippen LogP contribution in [0.5, 0.6) is 5.75 Å². The topological polar surface area (TPSA) is 79.1 Å². The summed E-state index contributed by atoms with van der Waals surface area (Å²) in [7, 11) is 1.62. The van der Waals surface area contributed by atoms with E-state index in [1.54, 1.807) is 7.11 Å². The number of hydrogen-bond donors (Lipinski definition) is 1. The van der Waals surface area contributed by atoms with Crippen LogP contribution in [0.2, 0.25) is 0 Å². The number of rotatable bonds is 3. The van der Waals surface area contributed by atoms with E-state index < -0.39 is 0 Å². The maximum atomic E-state index is 5.98. The average molecular weight is 272 g/mol. The summed E-state index contributed by atoms with van der Waals surface area (Å²) in [4.78, 5) is 8.71. The highest BCUT2D eigenvalue weighted by atomic mass is 16.5. The van der Waals surface area contributed by atoms with E-state index in [9.17, 15) is 0 Å². The number of oxazole rings is 1. The zero-order valence-corrected chi connectivity index (χ0v) is 11.7. The number of methoxy groups -OCH3 is 1. The molecule has 0 aliphatic rings. The van der Waals surface area contributed by atoms with Gasteiger partial charge in [-0.25, -0.2) is 9.97 Å². The fourth-order valence-corrected chi connectivity index (χ4v) is 2.16. The van der Waals surface area contributed by atoms with E-state index in [1.165, 1.54) is 0 Å². The molecule has 0 aliphatic carbocycles. The molecule has 0 atom stereocenters. The normalized spacial score (nSPS) is 11.2. The Kier molecular flexibility index (Phi) is 2.85. The van der Waals surface area contributed by atoms with E-state index in [0.29, 0.717) is 18.4 Å². The fourth-order valence-electron chi connectivity index (χ4n) is 2.16. The molecular weight excluding hydrogens is 256 g/mol. The number of fused-ring (bicyclic) bond motifs is 1. The van der Waals surface area contributed by atoms with Gasteiger partial charge in [0.15, 0.2) is 0 Å². The Balaban J connectivity index is 2.04. The van der Waals surface area contributed by atoms with Gasteiger partial charge in [-0.1, -0.05) is 0 Å². The van der Waals surface area contributed by atoms with Crippen molar-refractivity contribution in [1.29, 1.82) is 0 Å². The Morgan fingerprint density at radius 1 is 1.30 bits per heavy atom. The van der Waals surface area contributed by atoms with Crippen molar-refractivity contribution in [3.63, 3.8) is 0 Å². The minimum Gasteiger partial charge on any atom is -0.497 e. The number of anilines is 1. The van der Waals surface area contributed by atoms with Crippen LogP contribution in [0, 0.1) is 13.8 Å². The molecule has 3 rings (SSSR count). The Morgan fingerprint density at radius 3 is 2.75 bits per heavy atom. The van der Waals surface area contributed by atoms with Crippen molar-refractivity contribution in [3.8, 4) is 5.75 Å². The summed E-state index contributed by atoms with van der Waals surface area (Å²) in [5, 5.41) is 0. The van der Waals surface area contributed by atoms with E-state index in [1.807, 2.05) is 36.6 Å². The van der Waals surface area contributed by atoms with Crippen LogP contribution in [0.1, 0.15) is 17.3 Å². The number of imidazole rings is 1. The SMILES string of the molecule is COc1ccc2c(c1)nc(N)n2Cc1nc(C)c(C)o1. The summed E-state index contributed by atoms with van der Waals surface area (Å²) in [6.45, 7) is 4.28. The van der Waals surface area contributed by atoms with Gasteiger partial charge in [0.25, 0.3) is 0 Å². The quantitative estimate of drug-likeness (QED) is 0.791. The molecule has 0 fully saturated rings. The Morgan fingerprint density at radius 2 is 2.10 bits per heavy atom. The molecule has 0 aliphatic heterocycles. The predicted octanol–water partition coefficient (Wildman–Crippen LogP) is 2.28. The van der Waals surface area contributed by atoms with E-state index in [-0.39, 0.29) is 0 Å². The molecule has 0 saturated carbocycles. The van der Waals surface area contributed by atoms with Gasteiger partial charge in [-0.3, -0.25) is 0 Å². The zero-order chi connectivity index (χ0) is 14.3. The minimum absolute atomic E-state index is 0.432. The number of nitrogen functional groups attached to an aromatic ring is 1. The van der Waals surface area contributed by atoms with Gasteiger partial charge in [-0.15, -0.1) is 0 Å². The summed E-state index contributed by atoms with van der Waals surface area (Å²) >= 11 is 0. The number of hydrogen-bond acceptors (Lipinski definition) is 5. The standard InChI is InChI=1S/C14H16N4O2/c1-8-9(2)20-13(16-8)7-18-12-5-4-10(19-3)6-11(12)17-14(18)15/h4-6H,7H2,1-3H3,(H2,15,17). The van der Waals surface area contributed by atoms with Crippen molar-refractivity contribution in [2.45, 2.75) is 20.4 Å². The van der Waals surface area contributed by atoms with Gasteiger partial charge in [-0.05, 0) is 26.0 Å². The van der Waals surface area contributed by atoms with Gasteiger partial charge in [0.1, 0.15) is 18.1 Å². The third-order valence-corrected chi connectivity index (χ3v) is 3.35. The molecule has 2 heterocycles. The van der Waals surface area contributed by atoms with Gasteiger partial charge in [0.05, 0.1) is 23.8 Å². The average Bonchev–Trinajstić information content (AvgIpc) is 2.90. The largest absolute Gasteiger partial charge is 0.497 e. The first-order valence-electron chi connectivity index (χ1n) is 6.31. The minimum atomic E-state index is 0.432. The maximum Gasteiger partial charge on any atom is 0.214 e. The van der Waals surface area contributed by atoms with E-state index in [4.69, 9.17) is 14.9 Å². The lowest BCUT2D eigenvalue weighted by Crippen LogP contribution is -2.04. The molecule has 0 amide bonds. The van der Waals surface area contributed by atoms with E-state index in [2.05, 4.69) is 9.97 Å². The lowest BCUT2D eigenvalue weighted by Gasteiger charge is -2.03. The molecule has 3 aromatic rings. The lowest BCUT2D eigenvalue weighted by atomic mass is 10.3. The number of nitrogens with two attached hydrogens (primary N) is 1. The Bertz CT molecular complexity index is 753. The van der Waals surface area contributed by atoms with E-state index in [0.717, 1.165) is 28.2 Å². The summed E-state index contributed by atoms with van der Waals surface area (Å²) < 4.78 is 12.7. The maximum absolute atomic E-state index is 5.98. The molecule has 20 heavy (non-hydrogen) atoms. The Labute approximate surface area is 116 Å². The van der Waals surface area contributed by atoms with Crippen LogP contribution in [0.3, 0.4) is 0 Å². The van der Waals surface area contributed by atoms with Crippen molar-refractivity contribution in [2.24, 2.45) is 0 Å². The summed E-state index contributed by atoms with van der Waals surface area (Å²) in [5.74, 6) is 2.64. The van der Waals surface area contributed by atoms with Crippen molar-refractivity contribution in [2.75, 3.05) is 12.8 Å². The highest BCUT2D eigenvalue weighted by Crippen LogP contribution is 2.24. The van der Waals surface area contributed by atoms with Crippen LogP contribution in [0.25, 0.3) is 11.0 Å². The first-order valence-corrected chi connectivity index (χ1v) is 6.31. The molecule has 2 N–H and O–H groups in total. The first-order chi connectivity index (χ1) is 9.58. The molecule has 0 unspecified atom stereocenters. The number of nitrogens with zero attached hydrogens (tertiary/aromatic N) is 3. The lowest BCUT2D eigenvalue weighted by molar-refractivity contribution is 0.415. The van der Waals surface area contributed by atoms with Crippen molar-refractivity contribution in [3.05, 3.63) is 35.5 Å². The van der Waals surface area contributed by atoms with Crippen LogP contribution >= 0.6 is 0 Å². The highest BCUT2D eigenvalue weighted by Gasteiger charge is 2.13. The molecule has 0 bridgehead atoms. The third-order valence-electron chi connectivity index (χ3n) is 3.35. The number of aromatic nitrogens is 3. The Hall–Kier alpha value is -2.50. The number of benzene rings is 1. The van der Waals surface area contributed by atoms with Gasteiger partial charge >= 0.3 is 0 Å². The molecule has 0 radical (unpaired) electrons. The molecule has 0 saturated heterocycles. The monoisotopic (exact) mass is 272 g/mol. The molecule has 1 aromatic carbocycles. The van der Waals surface area contributed by atoms with Gasteiger partial charge in [0.2, 0.25) is 11.8 Å². The highest BCUT2D eigenvalue weighted by molar-refractivity contribution is 5.80. The van der Waals surface area contributed by atoms with Gasteiger partial charge < -0.3 is 19.5 Å². The summed E-state index contributed by atoms with van der Waals surface area (Å²) in [6.07, 6.45) is 0. The van der Waals surface area contributed by atoms with Gasteiger partial charge in [0, 0.05) is 6.07 Å². The molecule has 104 valence electrons. The number of aryl methyl sites for hydroxylation is 2. The van der Waals surface area contributed by atoms with Crippen LogP contribution in [0.4, 0.5) is 5.95 Å². The zero-order valence-electron chi connectivity index (χ0n) is 11.7. The van der Waals surface area contributed by atoms with Crippen molar-refractivity contribution < 1.29 is 9.15 Å². The van der Waals surface area contributed by atoms with Crippen LogP contribution in [0.15, 0.2) is 22.6 Å². The molecule has 6 nitrogen and oxygen atoms in total. The molecule has 6 heteroatoms. The molecular formula is C14H16N4O2. The second kappa shape index (κ2) is 4.56. The van der Waals surface area contributed by atoms with Crippen molar-refractivity contribution >= 4 is 17.0 Å².